The zero-order chi connectivity index (χ0) is 18.3. The van der Waals surface area contributed by atoms with E-state index in [1.807, 2.05) is 19.9 Å². The number of anilines is 2. The minimum Gasteiger partial charge on any atom is -0.504 e. The fraction of sp³-hybridized carbons (Fsp3) is 0.111. The Bertz CT molecular complexity index is 1120. The normalized spacial score (nSPS) is 11.0. The molecule has 0 aliphatic rings. The summed E-state index contributed by atoms with van der Waals surface area (Å²) in [5.41, 5.74) is 3.15. The molecule has 8 heteroatoms. The van der Waals surface area contributed by atoms with Crippen LogP contribution in [0, 0.1) is 13.8 Å². The molecular formula is C18H15ClN6O. The van der Waals surface area contributed by atoms with Crippen molar-refractivity contribution in [1.82, 2.24) is 24.5 Å². The number of imidazole rings is 1. The number of aryl methyl sites for hydroxylation is 1. The van der Waals surface area contributed by atoms with Gasteiger partial charge in [0.2, 0.25) is 0 Å². The Kier molecular flexibility index (Phi) is 3.93. The summed E-state index contributed by atoms with van der Waals surface area (Å²) in [6.45, 7) is 3.83. The van der Waals surface area contributed by atoms with Gasteiger partial charge in [0, 0.05) is 22.2 Å². The Balaban J connectivity index is 1.70. The maximum atomic E-state index is 10.4. The van der Waals surface area contributed by atoms with Crippen LogP contribution in [0.15, 0.2) is 43.1 Å². The van der Waals surface area contributed by atoms with Crippen molar-refractivity contribution in [2.45, 2.75) is 13.8 Å². The number of rotatable bonds is 3. The van der Waals surface area contributed by atoms with Crippen LogP contribution in [0.25, 0.3) is 16.7 Å². The molecule has 0 radical (unpaired) electrons. The highest BCUT2D eigenvalue weighted by atomic mass is 35.5. The lowest BCUT2D eigenvalue weighted by molar-refractivity contribution is 0.469. The molecule has 0 atom stereocenters. The minimum absolute atomic E-state index is 0.0388. The summed E-state index contributed by atoms with van der Waals surface area (Å²) < 4.78 is 1.75. The standard InChI is InChI=1S/C18H15ClN6O/c1-10-11(2)25(9-23-10)18-16(26)6-13(7-20-18)24-17-14-4-3-12(19)5-15(14)21-8-22-17/h3-9,26H,1-2H3,(H,21,22,24). The van der Waals surface area contributed by atoms with Gasteiger partial charge in [-0.05, 0) is 32.0 Å². The van der Waals surface area contributed by atoms with Gasteiger partial charge in [-0.15, -0.1) is 0 Å². The summed E-state index contributed by atoms with van der Waals surface area (Å²) >= 11 is 6.01. The molecule has 1 aromatic carbocycles. The number of pyridine rings is 1. The van der Waals surface area contributed by atoms with Gasteiger partial charge in [0.1, 0.15) is 18.5 Å². The SMILES string of the molecule is Cc1ncn(-c2ncc(Nc3ncnc4cc(Cl)ccc34)cc2O)c1C. The number of hydrogen-bond donors (Lipinski definition) is 2. The fourth-order valence-corrected chi connectivity index (χ4v) is 2.84. The van der Waals surface area contributed by atoms with Gasteiger partial charge in [-0.3, -0.25) is 4.57 Å². The molecule has 0 spiro atoms. The summed E-state index contributed by atoms with van der Waals surface area (Å²) in [5, 5.41) is 15.0. The Morgan fingerprint density at radius 3 is 2.65 bits per heavy atom. The van der Waals surface area contributed by atoms with Crippen molar-refractivity contribution in [3.05, 3.63) is 59.5 Å². The van der Waals surface area contributed by atoms with E-state index in [2.05, 4.69) is 25.3 Å². The van der Waals surface area contributed by atoms with E-state index in [0.717, 1.165) is 22.3 Å². The molecule has 0 fully saturated rings. The van der Waals surface area contributed by atoms with E-state index in [-0.39, 0.29) is 5.75 Å². The molecule has 0 unspecified atom stereocenters. The predicted molar refractivity (Wildman–Crippen MR) is 100 cm³/mol. The minimum atomic E-state index is 0.0388. The van der Waals surface area contributed by atoms with Crippen LogP contribution in [-0.4, -0.2) is 29.6 Å². The molecule has 3 aromatic heterocycles. The molecule has 0 saturated carbocycles. The average molecular weight is 367 g/mol. The first-order valence-electron chi connectivity index (χ1n) is 7.90. The van der Waals surface area contributed by atoms with E-state index in [1.165, 1.54) is 6.33 Å². The first-order chi connectivity index (χ1) is 12.5. The third-order valence-corrected chi connectivity index (χ3v) is 4.42. The molecule has 130 valence electrons. The summed E-state index contributed by atoms with van der Waals surface area (Å²) in [6, 6.07) is 6.99. The van der Waals surface area contributed by atoms with Crippen LogP contribution < -0.4 is 5.32 Å². The number of nitrogens with zero attached hydrogens (tertiary/aromatic N) is 5. The number of aromatic nitrogens is 5. The highest BCUT2D eigenvalue weighted by molar-refractivity contribution is 6.31. The summed E-state index contributed by atoms with van der Waals surface area (Å²) in [4.78, 5) is 17.1. The summed E-state index contributed by atoms with van der Waals surface area (Å²) in [7, 11) is 0. The van der Waals surface area contributed by atoms with E-state index in [0.29, 0.717) is 22.3 Å². The van der Waals surface area contributed by atoms with Crippen molar-refractivity contribution in [3.8, 4) is 11.6 Å². The van der Waals surface area contributed by atoms with Crippen LogP contribution in [0.1, 0.15) is 11.4 Å². The Hall–Kier alpha value is -3.19. The molecule has 0 aliphatic carbocycles. The third kappa shape index (κ3) is 2.82. The average Bonchev–Trinajstić information content (AvgIpc) is 2.94. The lowest BCUT2D eigenvalue weighted by Gasteiger charge is -2.11. The van der Waals surface area contributed by atoms with E-state index in [9.17, 15) is 5.11 Å². The lowest BCUT2D eigenvalue weighted by atomic mass is 10.2. The predicted octanol–water partition coefficient (Wildman–Crippen LogP) is 3.93. The smallest absolute Gasteiger partial charge is 0.180 e. The van der Waals surface area contributed by atoms with Gasteiger partial charge in [0.05, 0.1) is 23.1 Å². The van der Waals surface area contributed by atoms with Gasteiger partial charge in [0.15, 0.2) is 11.6 Å². The number of fused-ring (bicyclic) bond motifs is 1. The second-order valence-corrected chi connectivity index (χ2v) is 6.30. The van der Waals surface area contributed by atoms with E-state index in [4.69, 9.17) is 11.6 Å². The second kappa shape index (κ2) is 6.27. The van der Waals surface area contributed by atoms with Crippen LogP contribution in [0.2, 0.25) is 5.02 Å². The molecule has 4 rings (SSSR count). The number of hydrogen-bond acceptors (Lipinski definition) is 6. The van der Waals surface area contributed by atoms with Gasteiger partial charge in [-0.1, -0.05) is 11.6 Å². The zero-order valence-electron chi connectivity index (χ0n) is 14.1. The maximum Gasteiger partial charge on any atom is 0.180 e. The maximum absolute atomic E-state index is 10.4. The van der Waals surface area contributed by atoms with Crippen LogP contribution in [-0.2, 0) is 0 Å². The van der Waals surface area contributed by atoms with Crippen molar-refractivity contribution in [1.29, 1.82) is 0 Å². The monoisotopic (exact) mass is 366 g/mol. The molecule has 2 N–H and O–H groups in total. The van der Waals surface area contributed by atoms with E-state index >= 15 is 0 Å². The molecular weight excluding hydrogens is 352 g/mol. The van der Waals surface area contributed by atoms with Crippen LogP contribution in [0.4, 0.5) is 11.5 Å². The number of benzene rings is 1. The highest BCUT2D eigenvalue weighted by Crippen LogP contribution is 2.28. The van der Waals surface area contributed by atoms with E-state index in [1.54, 1.807) is 35.3 Å². The molecule has 0 amide bonds. The molecule has 4 aromatic rings. The number of halogens is 1. The van der Waals surface area contributed by atoms with Gasteiger partial charge < -0.3 is 10.4 Å². The van der Waals surface area contributed by atoms with Crippen LogP contribution >= 0.6 is 11.6 Å². The van der Waals surface area contributed by atoms with Crippen molar-refractivity contribution in [3.63, 3.8) is 0 Å². The highest BCUT2D eigenvalue weighted by Gasteiger charge is 2.12. The molecule has 26 heavy (non-hydrogen) atoms. The Labute approximate surface area is 154 Å². The molecule has 0 bridgehead atoms. The van der Waals surface area contributed by atoms with Crippen molar-refractivity contribution in [2.24, 2.45) is 0 Å². The van der Waals surface area contributed by atoms with Gasteiger partial charge in [0.25, 0.3) is 0 Å². The topological polar surface area (TPSA) is 88.8 Å². The first kappa shape index (κ1) is 16.3. The summed E-state index contributed by atoms with van der Waals surface area (Å²) in [6.07, 6.45) is 4.73. The zero-order valence-corrected chi connectivity index (χ0v) is 14.9. The van der Waals surface area contributed by atoms with Gasteiger partial charge >= 0.3 is 0 Å². The van der Waals surface area contributed by atoms with Gasteiger partial charge in [-0.25, -0.2) is 19.9 Å². The van der Waals surface area contributed by atoms with Crippen molar-refractivity contribution in [2.75, 3.05) is 5.32 Å². The fourth-order valence-electron chi connectivity index (χ4n) is 2.68. The lowest BCUT2D eigenvalue weighted by Crippen LogP contribution is -2.01. The first-order valence-corrected chi connectivity index (χ1v) is 8.28. The molecule has 0 aliphatic heterocycles. The molecule has 7 nitrogen and oxygen atoms in total. The second-order valence-electron chi connectivity index (χ2n) is 5.86. The molecule has 3 heterocycles. The summed E-state index contributed by atoms with van der Waals surface area (Å²) in [5.74, 6) is 1.07. The van der Waals surface area contributed by atoms with E-state index < -0.39 is 0 Å². The molecule has 0 saturated heterocycles. The van der Waals surface area contributed by atoms with Crippen molar-refractivity contribution >= 4 is 34.0 Å². The quantitative estimate of drug-likeness (QED) is 0.571. The third-order valence-electron chi connectivity index (χ3n) is 4.19. The van der Waals surface area contributed by atoms with Crippen molar-refractivity contribution < 1.29 is 5.11 Å². The Morgan fingerprint density at radius 1 is 1.08 bits per heavy atom. The van der Waals surface area contributed by atoms with Crippen LogP contribution in [0.3, 0.4) is 0 Å². The van der Waals surface area contributed by atoms with Crippen LogP contribution in [0.5, 0.6) is 5.75 Å². The largest absolute Gasteiger partial charge is 0.504 e. The Morgan fingerprint density at radius 2 is 1.92 bits per heavy atom. The number of nitrogens with one attached hydrogen (secondary N) is 1. The van der Waals surface area contributed by atoms with Gasteiger partial charge in [-0.2, -0.15) is 0 Å². The number of aromatic hydroxyl groups is 1.